The summed E-state index contributed by atoms with van der Waals surface area (Å²) < 4.78 is 0. The molecule has 0 saturated heterocycles. The van der Waals surface area contributed by atoms with Gasteiger partial charge in [-0.05, 0) is 49.2 Å². The van der Waals surface area contributed by atoms with Crippen LogP contribution < -0.4 is 11.1 Å². The standard InChI is InChI=1S/C17H18N2O3/c1-17(2,16(21)22)19-15(20)13-5-3-11(4-6-13)12-7-9-14(18)10-8-12/h3-10H,18H2,1-2H3,(H,19,20)(H,21,22). The van der Waals surface area contributed by atoms with Crippen LogP contribution in [0.4, 0.5) is 5.69 Å². The fourth-order valence-electron chi connectivity index (χ4n) is 1.90. The Morgan fingerprint density at radius 2 is 1.41 bits per heavy atom. The zero-order valence-electron chi connectivity index (χ0n) is 12.5. The quantitative estimate of drug-likeness (QED) is 0.756. The van der Waals surface area contributed by atoms with Crippen LogP contribution in [0.5, 0.6) is 0 Å². The van der Waals surface area contributed by atoms with Crippen LogP contribution in [0, 0.1) is 0 Å². The Morgan fingerprint density at radius 3 is 1.86 bits per heavy atom. The van der Waals surface area contributed by atoms with E-state index in [1.165, 1.54) is 13.8 Å². The Balaban J connectivity index is 2.16. The molecule has 2 rings (SSSR count). The molecule has 0 aliphatic carbocycles. The van der Waals surface area contributed by atoms with E-state index < -0.39 is 17.4 Å². The number of anilines is 1. The average molecular weight is 298 g/mol. The van der Waals surface area contributed by atoms with Crippen molar-refractivity contribution in [3.8, 4) is 11.1 Å². The highest BCUT2D eigenvalue weighted by Crippen LogP contribution is 2.21. The predicted molar refractivity (Wildman–Crippen MR) is 85.5 cm³/mol. The number of nitrogens with two attached hydrogens (primary N) is 1. The second-order valence-corrected chi connectivity index (χ2v) is 5.58. The van der Waals surface area contributed by atoms with Crippen LogP contribution >= 0.6 is 0 Å². The predicted octanol–water partition coefficient (Wildman–Crippen LogP) is 2.53. The molecule has 0 aliphatic heterocycles. The largest absolute Gasteiger partial charge is 0.480 e. The van der Waals surface area contributed by atoms with Crippen molar-refractivity contribution in [1.29, 1.82) is 0 Å². The third-order valence-corrected chi connectivity index (χ3v) is 3.35. The Morgan fingerprint density at radius 1 is 0.955 bits per heavy atom. The number of rotatable bonds is 4. The van der Waals surface area contributed by atoms with Gasteiger partial charge in [0.05, 0.1) is 0 Å². The first-order chi connectivity index (χ1) is 10.3. The van der Waals surface area contributed by atoms with Crippen molar-refractivity contribution in [1.82, 2.24) is 5.32 Å². The number of benzene rings is 2. The lowest BCUT2D eigenvalue weighted by atomic mass is 10.0. The van der Waals surface area contributed by atoms with Gasteiger partial charge in [-0.3, -0.25) is 4.79 Å². The van der Waals surface area contributed by atoms with Crippen molar-refractivity contribution in [3.05, 3.63) is 54.1 Å². The minimum absolute atomic E-state index is 0.411. The van der Waals surface area contributed by atoms with Gasteiger partial charge < -0.3 is 16.2 Å². The van der Waals surface area contributed by atoms with E-state index in [-0.39, 0.29) is 0 Å². The normalized spacial score (nSPS) is 11.0. The number of nitrogens with one attached hydrogen (secondary N) is 1. The van der Waals surface area contributed by atoms with Crippen molar-refractivity contribution in [2.75, 3.05) is 5.73 Å². The minimum Gasteiger partial charge on any atom is -0.480 e. The van der Waals surface area contributed by atoms with Gasteiger partial charge in [-0.15, -0.1) is 0 Å². The second-order valence-electron chi connectivity index (χ2n) is 5.58. The highest BCUT2D eigenvalue weighted by Gasteiger charge is 2.29. The molecule has 0 heterocycles. The molecule has 0 bridgehead atoms. The molecule has 4 N–H and O–H groups in total. The molecule has 5 nitrogen and oxygen atoms in total. The highest BCUT2D eigenvalue weighted by atomic mass is 16.4. The number of hydrogen-bond donors (Lipinski definition) is 3. The van der Waals surface area contributed by atoms with Crippen molar-refractivity contribution in [2.24, 2.45) is 0 Å². The average Bonchev–Trinajstić information content (AvgIpc) is 2.47. The summed E-state index contributed by atoms with van der Waals surface area (Å²) in [5, 5.41) is 11.5. The van der Waals surface area contributed by atoms with Gasteiger partial charge in [0, 0.05) is 11.3 Å². The first-order valence-corrected chi connectivity index (χ1v) is 6.81. The summed E-state index contributed by atoms with van der Waals surface area (Å²) in [4.78, 5) is 23.1. The summed E-state index contributed by atoms with van der Waals surface area (Å²) in [7, 11) is 0. The summed E-state index contributed by atoms with van der Waals surface area (Å²) in [6, 6.07) is 14.4. The molecular formula is C17H18N2O3. The van der Waals surface area contributed by atoms with Gasteiger partial charge in [0.2, 0.25) is 0 Å². The molecule has 0 fully saturated rings. The Hall–Kier alpha value is -2.82. The number of hydrogen-bond acceptors (Lipinski definition) is 3. The van der Waals surface area contributed by atoms with Gasteiger partial charge in [-0.2, -0.15) is 0 Å². The number of carboxylic acid groups (broad SMARTS) is 1. The Labute approximate surface area is 128 Å². The van der Waals surface area contributed by atoms with Crippen LogP contribution in [0.1, 0.15) is 24.2 Å². The zero-order valence-corrected chi connectivity index (χ0v) is 12.5. The number of carbonyl (C=O) groups is 2. The molecule has 5 heteroatoms. The lowest BCUT2D eigenvalue weighted by Gasteiger charge is -2.21. The molecule has 0 aromatic heterocycles. The Kier molecular flexibility index (Phi) is 4.17. The first kappa shape index (κ1) is 15.6. The van der Waals surface area contributed by atoms with Gasteiger partial charge in [0.1, 0.15) is 5.54 Å². The van der Waals surface area contributed by atoms with Crippen LogP contribution in [0.3, 0.4) is 0 Å². The number of nitrogen functional groups attached to an aromatic ring is 1. The van der Waals surface area contributed by atoms with Crippen LogP contribution in [-0.4, -0.2) is 22.5 Å². The molecule has 2 aromatic carbocycles. The molecule has 0 spiro atoms. The second kappa shape index (κ2) is 5.89. The fraction of sp³-hybridized carbons (Fsp3) is 0.176. The van der Waals surface area contributed by atoms with Crippen LogP contribution in [0.2, 0.25) is 0 Å². The summed E-state index contributed by atoms with van der Waals surface area (Å²) in [5.74, 6) is -1.50. The molecule has 0 unspecified atom stereocenters. The van der Waals surface area contributed by atoms with E-state index in [0.717, 1.165) is 11.1 Å². The summed E-state index contributed by atoms with van der Waals surface area (Å²) in [5.41, 5.74) is 7.38. The number of amides is 1. The lowest BCUT2D eigenvalue weighted by Crippen LogP contribution is -2.49. The van der Waals surface area contributed by atoms with Crippen molar-refractivity contribution in [2.45, 2.75) is 19.4 Å². The molecule has 2 aromatic rings. The molecule has 0 saturated carbocycles. The third kappa shape index (κ3) is 3.44. The monoisotopic (exact) mass is 298 g/mol. The molecule has 0 aliphatic rings. The first-order valence-electron chi connectivity index (χ1n) is 6.81. The number of aliphatic carboxylic acids is 1. The minimum atomic E-state index is -1.31. The maximum Gasteiger partial charge on any atom is 0.328 e. The fourth-order valence-corrected chi connectivity index (χ4v) is 1.90. The van der Waals surface area contributed by atoms with E-state index in [1.807, 2.05) is 36.4 Å². The maximum absolute atomic E-state index is 12.1. The van der Waals surface area contributed by atoms with Crippen LogP contribution in [-0.2, 0) is 4.79 Å². The number of carbonyl (C=O) groups excluding carboxylic acids is 1. The molecule has 1 amide bonds. The van der Waals surface area contributed by atoms with E-state index in [0.29, 0.717) is 11.3 Å². The van der Waals surface area contributed by atoms with E-state index in [9.17, 15) is 9.59 Å². The number of carboxylic acids is 1. The summed E-state index contributed by atoms with van der Waals surface area (Å²) >= 11 is 0. The molecule has 0 atom stereocenters. The van der Waals surface area contributed by atoms with Crippen LogP contribution in [0.15, 0.2) is 48.5 Å². The van der Waals surface area contributed by atoms with Gasteiger partial charge in [0.25, 0.3) is 5.91 Å². The molecular weight excluding hydrogens is 280 g/mol. The van der Waals surface area contributed by atoms with E-state index >= 15 is 0 Å². The molecule has 0 radical (unpaired) electrons. The van der Waals surface area contributed by atoms with Gasteiger partial charge in [-0.1, -0.05) is 24.3 Å². The van der Waals surface area contributed by atoms with Crippen molar-refractivity contribution in [3.63, 3.8) is 0 Å². The SMILES string of the molecule is CC(C)(NC(=O)c1ccc(-c2ccc(N)cc2)cc1)C(=O)O. The van der Waals surface area contributed by atoms with E-state index in [1.54, 1.807) is 12.1 Å². The third-order valence-electron chi connectivity index (χ3n) is 3.35. The maximum atomic E-state index is 12.1. The van der Waals surface area contributed by atoms with Crippen molar-refractivity contribution >= 4 is 17.6 Å². The molecule has 114 valence electrons. The summed E-state index contributed by atoms with van der Waals surface area (Å²) in [6.07, 6.45) is 0. The smallest absolute Gasteiger partial charge is 0.328 e. The van der Waals surface area contributed by atoms with Crippen molar-refractivity contribution < 1.29 is 14.7 Å². The van der Waals surface area contributed by atoms with Gasteiger partial charge in [0.15, 0.2) is 0 Å². The van der Waals surface area contributed by atoms with E-state index in [4.69, 9.17) is 10.8 Å². The van der Waals surface area contributed by atoms with Gasteiger partial charge >= 0.3 is 5.97 Å². The van der Waals surface area contributed by atoms with Gasteiger partial charge in [-0.25, -0.2) is 4.79 Å². The van der Waals surface area contributed by atoms with E-state index in [2.05, 4.69) is 5.32 Å². The topological polar surface area (TPSA) is 92.4 Å². The van der Waals surface area contributed by atoms with Crippen LogP contribution in [0.25, 0.3) is 11.1 Å². The molecule has 22 heavy (non-hydrogen) atoms. The Bertz CT molecular complexity index is 689. The zero-order chi connectivity index (χ0) is 16.3. The lowest BCUT2D eigenvalue weighted by molar-refractivity contribution is -0.143. The highest BCUT2D eigenvalue weighted by molar-refractivity contribution is 5.98. The summed E-state index contributed by atoms with van der Waals surface area (Å²) in [6.45, 7) is 2.88.